The van der Waals surface area contributed by atoms with Gasteiger partial charge in [0.15, 0.2) is 0 Å². The molecule has 0 fully saturated rings. The van der Waals surface area contributed by atoms with E-state index in [1.54, 1.807) is 6.07 Å². The minimum absolute atomic E-state index is 0.406. The van der Waals surface area contributed by atoms with Crippen LogP contribution in [0, 0.1) is 6.07 Å². The first-order valence-corrected chi connectivity index (χ1v) is 4.00. The highest BCUT2D eigenvalue weighted by atomic mass is 35.5. The summed E-state index contributed by atoms with van der Waals surface area (Å²) in [6.07, 6.45) is 0. The molecule has 0 aliphatic carbocycles. The zero-order chi connectivity index (χ0) is 8.27. The Hall–Kier alpha value is -0.690. The Balaban J connectivity index is 2.78. The zero-order valence-electron chi connectivity index (χ0n) is 6.69. The van der Waals surface area contributed by atoms with Gasteiger partial charge in [-0.2, -0.15) is 0 Å². The van der Waals surface area contributed by atoms with Crippen molar-refractivity contribution in [3.05, 3.63) is 29.3 Å². The SMILES string of the molecule is CC(C)Nc1c[c]ccc1Cl. The summed E-state index contributed by atoms with van der Waals surface area (Å²) in [5, 5.41) is 3.96. The van der Waals surface area contributed by atoms with Gasteiger partial charge in [-0.25, -0.2) is 0 Å². The number of benzene rings is 1. The Morgan fingerprint density at radius 1 is 1.55 bits per heavy atom. The van der Waals surface area contributed by atoms with E-state index in [1.165, 1.54) is 0 Å². The molecule has 1 aromatic rings. The Labute approximate surface area is 72.4 Å². The molecule has 2 heteroatoms. The lowest BCUT2D eigenvalue weighted by atomic mass is 10.3. The van der Waals surface area contributed by atoms with E-state index in [0.717, 1.165) is 10.7 Å². The van der Waals surface area contributed by atoms with Crippen molar-refractivity contribution in [3.63, 3.8) is 0 Å². The van der Waals surface area contributed by atoms with Crippen LogP contribution in [0.15, 0.2) is 18.2 Å². The maximum atomic E-state index is 5.89. The van der Waals surface area contributed by atoms with Crippen LogP contribution in [-0.4, -0.2) is 6.04 Å². The third kappa shape index (κ3) is 2.43. The Kier molecular flexibility index (Phi) is 2.77. The summed E-state index contributed by atoms with van der Waals surface area (Å²) in [5.74, 6) is 0. The van der Waals surface area contributed by atoms with E-state index in [-0.39, 0.29) is 0 Å². The van der Waals surface area contributed by atoms with Gasteiger partial charge in [0.05, 0.1) is 10.7 Å². The van der Waals surface area contributed by atoms with Crippen LogP contribution >= 0.6 is 11.6 Å². The molecule has 0 atom stereocenters. The lowest BCUT2D eigenvalue weighted by Gasteiger charge is -2.10. The number of hydrogen-bond donors (Lipinski definition) is 1. The van der Waals surface area contributed by atoms with E-state index >= 15 is 0 Å². The molecule has 0 aliphatic rings. The van der Waals surface area contributed by atoms with Crippen molar-refractivity contribution in [3.8, 4) is 0 Å². The number of halogens is 1. The number of anilines is 1. The molecule has 0 heterocycles. The van der Waals surface area contributed by atoms with Crippen molar-refractivity contribution in [2.45, 2.75) is 19.9 Å². The van der Waals surface area contributed by atoms with E-state index in [1.807, 2.05) is 12.1 Å². The van der Waals surface area contributed by atoms with Gasteiger partial charge in [0.1, 0.15) is 0 Å². The number of nitrogens with one attached hydrogen (secondary N) is 1. The van der Waals surface area contributed by atoms with Crippen LogP contribution in [0.3, 0.4) is 0 Å². The summed E-state index contributed by atoms with van der Waals surface area (Å²) < 4.78 is 0. The fraction of sp³-hybridized carbons (Fsp3) is 0.333. The van der Waals surface area contributed by atoms with Gasteiger partial charge in [0, 0.05) is 6.04 Å². The van der Waals surface area contributed by atoms with Gasteiger partial charge >= 0.3 is 0 Å². The summed E-state index contributed by atoms with van der Waals surface area (Å²) in [6.45, 7) is 4.15. The maximum Gasteiger partial charge on any atom is 0.0638 e. The van der Waals surface area contributed by atoms with Crippen LogP contribution in [-0.2, 0) is 0 Å². The second-order valence-corrected chi connectivity index (χ2v) is 3.11. The summed E-state index contributed by atoms with van der Waals surface area (Å²) in [4.78, 5) is 0. The molecule has 1 rings (SSSR count). The molecule has 0 spiro atoms. The van der Waals surface area contributed by atoms with E-state index in [0.29, 0.717) is 6.04 Å². The monoisotopic (exact) mass is 168 g/mol. The number of hydrogen-bond acceptors (Lipinski definition) is 1. The molecule has 1 nitrogen and oxygen atoms in total. The van der Waals surface area contributed by atoms with Crippen LogP contribution in [0.4, 0.5) is 5.69 Å². The van der Waals surface area contributed by atoms with Crippen molar-refractivity contribution in [1.29, 1.82) is 0 Å². The second kappa shape index (κ2) is 3.63. The molecular weight excluding hydrogens is 158 g/mol. The fourth-order valence-electron chi connectivity index (χ4n) is 0.833. The maximum absolute atomic E-state index is 5.89. The van der Waals surface area contributed by atoms with Gasteiger partial charge in [0.25, 0.3) is 0 Å². The molecule has 0 saturated heterocycles. The summed E-state index contributed by atoms with van der Waals surface area (Å²) in [5.41, 5.74) is 0.948. The van der Waals surface area contributed by atoms with Gasteiger partial charge in [0.2, 0.25) is 0 Å². The van der Waals surface area contributed by atoms with Crippen LogP contribution in [0.5, 0.6) is 0 Å². The molecular formula is C9H11ClN. The summed E-state index contributed by atoms with van der Waals surface area (Å²) >= 11 is 5.89. The van der Waals surface area contributed by atoms with Crippen molar-refractivity contribution >= 4 is 17.3 Å². The lowest BCUT2D eigenvalue weighted by molar-refractivity contribution is 0.900. The molecule has 0 amide bonds. The van der Waals surface area contributed by atoms with Crippen molar-refractivity contribution in [2.24, 2.45) is 0 Å². The minimum atomic E-state index is 0.406. The number of rotatable bonds is 2. The van der Waals surface area contributed by atoms with Gasteiger partial charge in [-0.1, -0.05) is 17.7 Å². The van der Waals surface area contributed by atoms with Gasteiger partial charge in [-0.05, 0) is 32.0 Å². The predicted molar refractivity (Wildman–Crippen MR) is 49.0 cm³/mol. The van der Waals surface area contributed by atoms with Gasteiger partial charge < -0.3 is 5.32 Å². The molecule has 0 saturated carbocycles. The minimum Gasteiger partial charge on any atom is -0.382 e. The first-order chi connectivity index (χ1) is 5.20. The second-order valence-electron chi connectivity index (χ2n) is 2.70. The highest BCUT2D eigenvalue weighted by Crippen LogP contribution is 2.20. The molecule has 1 radical (unpaired) electrons. The van der Waals surface area contributed by atoms with Crippen LogP contribution in [0.2, 0.25) is 5.02 Å². The van der Waals surface area contributed by atoms with Crippen molar-refractivity contribution in [2.75, 3.05) is 5.32 Å². The van der Waals surface area contributed by atoms with Gasteiger partial charge in [-0.3, -0.25) is 0 Å². The van der Waals surface area contributed by atoms with E-state index in [9.17, 15) is 0 Å². The predicted octanol–water partition coefficient (Wildman–Crippen LogP) is 2.96. The molecule has 0 bridgehead atoms. The van der Waals surface area contributed by atoms with E-state index < -0.39 is 0 Å². The molecule has 0 unspecified atom stereocenters. The zero-order valence-corrected chi connectivity index (χ0v) is 7.44. The fourth-order valence-corrected chi connectivity index (χ4v) is 1.01. The van der Waals surface area contributed by atoms with Crippen molar-refractivity contribution < 1.29 is 0 Å². The lowest BCUT2D eigenvalue weighted by Crippen LogP contribution is -2.09. The van der Waals surface area contributed by atoms with Crippen molar-refractivity contribution in [1.82, 2.24) is 0 Å². The topological polar surface area (TPSA) is 12.0 Å². The summed E-state index contributed by atoms with van der Waals surface area (Å²) in [7, 11) is 0. The van der Waals surface area contributed by atoms with Crippen LogP contribution in [0.1, 0.15) is 13.8 Å². The third-order valence-electron chi connectivity index (χ3n) is 1.26. The Morgan fingerprint density at radius 2 is 2.27 bits per heavy atom. The Morgan fingerprint density at radius 3 is 2.82 bits per heavy atom. The van der Waals surface area contributed by atoms with E-state index in [2.05, 4.69) is 25.2 Å². The normalized spacial score (nSPS) is 10.2. The van der Waals surface area contributed by atoms with Crippen LogP contribution < -0.4 is 5.32 Å². The first-order valence-electron chi connectivity index (χ1n) is 3.62. The molecule has 0 aliphatic heterocycles. The molecule has 59 valence electrons. The molecule has 11 heavy (non-hydrogen) atoms. The quantitative estimate of drug-likeness (QED) is 0.716. The van der Waals surface area contributed by atoms with Crippen LogP contribution in [0.25, 0.3) is 0 Å². The molecule has 1 aromatic carbocycles. The third-order valence-corrected chi connectivity index (χ3v) is 1.58. The average Bonchev–Trinajstić information content (AvgIpc) is 1.93. The highest BCUT2D eigenvalue weighted by molar-refractivity contribution is 6.33. The Bertz CT molecular complexity index is 233. The largest absolute Gasteiger partial charge is 0.382 e. The van der Waals surface area contributed by atoms with Gasteiger partial charge in [-0.15, -0.1) is 0 Å². The first kappa shape index (κ1) is 8.41. The summed E-state index contributed by atoms with van der Waals surface area (Å²) in [6, 6.07) is 8.84. The molecule has 1 N–H and O–H groups in total. The molecule has 0 aromatic heterocycles. The standard InChI is InChI=1S/C9H11ClN/c1-7(2)11-9-6-4-3-5-8(9)10/h3,5-7,11H,1-2H3. The smallest absolute Gasteiger partial charge is 0.0638 e. The van der Waals surface area contributed by atoms with E-state index in [4.69, 9.17) is 11.6 Å². The highest BCUT2D eigenvalue weighted by Gasteiger charge is 1.98. The average molecular weight is 169 g/mol.